The number of piperidine rings is 1. The molecule has 1 aliphatic heterocycles. The number of carboxylic acids is 2. The van der Waals surface area contributed by atoms with E-state index in [1.165, 1.54) is 0 Å². The van der Waals surface area contributed by atoms with Crippen molar-refractivity contribution >= 4 is 11.9 Å². The monoisotopic (exact) mass is 307 g/mol. The second-order valence-electron chi connectivity index (χ2n) is 5.53. The van der Waals surface area contributed by atoms with E-state index in [0.717, 1.165) is 31.5 Å². The lowest BCUT2D eigenvalue weighted by atomic mass is 10.1. The number of hydrogen-bond acceptors (Lipinski definition) is 4. The Balaban J connectivity index is 1.82. The molecule has 0 bridgehead atoms. The number of nitrogens with zero attached hydrogens (tertiary/aromatic N) is 1. The lowest BCUT2D eigenvalue weighted by Gasteiger charge is -2.32. The lowest BCUT2D eigenvalue weighted by molar-refractivity contribution is -0.137. The van der Waals surface area contributed by atoms with E-state index in [2.05, 4.69) is 4.90 Å². The third kappa shape index (κ3) is 5.13. The molecular formula is C16H21NO5. The van der Waals surface area contributed by atoms with Crippen molar-refractivity contribution in [2.45, 2.75) is 32.0 Å². The van der Waals surface area contributed by atoms with Gasteiger partial charge in [-0.05, 0) is 37.1 Å². The number of hydrogen-bond donors (Lipinski definition) is 2. The van der Waals surface area contributed by atoms with Gasteiger partial charge in [-0.2, -0.15) is 0 Å². The zero-order chi connectivity index (χ0) is 15.9. The van der Waals surface area contributed by atoms with Crippen LogP contribution >= 0.6 is 0 Å². The Morgan fingerprint density at radius 1 is 1.32 bits per heavy atom. The van der Waals surface area contributed by atoms with Gasteiger partial charge in [-0.15, -0.1) is 0 Å². The Kier molecular flexibility index (Phi) is 5.91. The van der Waals surface area contributed by atoms with Crippen molar-refractivity contribution in [2.75, 3.05) is 19.6 Å². The van der Waals surface area contributed by atoms with Crippen molar-refractivity contribution in [3.8, 4) is 0 Å². The van der Waals surface area contributed by atoms with Crippen LogP contribution in [0.25, 0.3) is 0 Å². The molecule has 1 aliphatic rings. The minimum absolute atomic E-state index is 0.0658. The first-order chi connectivity index (χ1) is 10.5. The summed E-state index contributed by atoms with van der Waals surface area (Å²) in [6, 6.07) is 6.73. The highest BCUT2D eigenvalue weighted by Gasteiger charge is 2.20. The quantitative estimate of drug-likeness (QED) is 0.799. The van der Waals surface area contributed by atoms with E-state index in [-0.39, 0.29) is 18.1 Å². The summed E-state index contributed by atoms with van der Waals surface area (Å²) >= 11 is 0. The molecule has 1 saturated heterocycles. The van der Waals surface area contributed by atoms with Gasteiger partial charge in [-0.1, -0.05) is 12.1 Å². The number of likely N-dealkylation sites (tertiary alicyclic amines) is 1. The molecule has 0 amide bonds. The largest absolute Gasteiger partial charge is 0.481 e. The minimum Gasteiger partial charge on any atom is -0.481 e. The van der Waals surface area contributed by atoms with Crippen LogP contribution in [0.15, 0.2) is 24.3 Å². The number of carbonyl (C=O) groups is 2. The number of ether oxygens (including phenoxy) is 1. The van der Waals surface area contributed by atoms with E-state index in [0.29, 0.717) is 13.2 Å². The van der Waals surface area contributed by atoms with E-state index < -0.39 is 11.9 Å². The number of carboxylic acid groups (broad SMARTS) is 2. The van der Waals surface area contributed by atoms with E-state index in [9.17, 15) is 9.59 Å². The first-order valence-corrected chi connectivity index (χ1v) is 7.42. The first-order valence-electron chi connectivity index (χ1n) is 7.42. The summed E-state index contributed by atoms with van der Waals surface area (Å²) < 4.78 is 5.86. The molecule has 6 nitrogen and oxygen atoms in total. The average Bonchev–Trinajstić information content (AvgIpc) is 2.51. The number of aliphatic carboxylic acids is 1. The third-order valence-electron chi connectivity index (χ3n) is 3.76. The van der Waals surface area contributed by atoms with Crippen molar-refractivity contribution < 1.29 is 24.5 Å². The molecule has 2 N–H and O–H groups in total. The molecule has 2 rings (SSSR count). The predicted molar refractivity (Wildman–Crippen MR) is 79.9 cm³/mol. The Bertz CT molecular complexity index is 531. The molecular weight excluding hydrogens is 286 g/mol. The summed E-state index contributed by atoms with van der Waals surface area (Å²) in [6.45, 7) is 2.55. The standard InChI is InChI=1S/C16H21NO5/c18-15(19)6-8-17-7-2-5-14(10-17)22-11-12-3-1-4-13(9-12)16(20)21/h1,3-4,9,14H,2,5-8,10-11H2,(H,18,19)(H,20,21). The predicted octanol–water partition coefficient (Wildman–Crippen LogP) is 1.84. The van der Waals surface area contributed by atoms with Crippen LogP contribution < -0.4 is 0 Å². The summed E-state index contributed by atoms with van der Waals surface area (Å²) in [5.74, 6) is -1.73. The molecule has 1 aromatic carbocycles. The van der Waals surface area contributed by atoms with Crippen LogP contribution in [0.4, 0.5) is 0 Å². The highest BCUT2D eigenvalue weighted by Crippen LogP contribution is 2.16. The lowest BCUT2D eigenvalue weighted by Crippen LogP contribution is -2.40. The van der Waals surface area contributed by atoms with Crippen molar-refractivity contribution in [2.24, 2.45) is 0 Å². The Morgan fingerprint density at radius 3 is 2.86 bits per heavy atom. The molecule has 0 spiro atoms. The number of rotatable bonds is 7. The van der Waals surface area contributed by atoms with Gasteiger partial charge in [0.05, 0.1) is 24.7 Å². The molecule has 1 unspecified atom stereocenters. The minimum atomic E-state index is -0.945. The maximum absolute atomic E-state index is 10.9. The fourth-order valence-electron chi connectivity index (χ4n) is 2.61. The summed E-state index contributed by atoms with van der Waals surface area (Å²) in [5.41, 5.74) is 1.09. The maximum Gasteiger partial charge on any atom is 0.335 e. The molecule has 22 heavy (non-hydrogen) atoms. The number of aromatic carboxylic acids is 1. The van der Waals surface area contributed by atoms with Crippen LogP contribution in [0, 0.1) is 0 Å². The van der Waals surface area contributed by atoms with Crippen LogP contribution in [0.5, 0.6) is 0 Å². The highest BCUT2D eigenvalue weighted by atomic mass is 16.5. The van der Waals surface area contributed by atoms with Gasteiger partial charge in [0.15, 0.2) is 0 Å². The summed E-state index contributed by atoms with van der Waals surface area (Å²) in [5, 5.41) is 17.7. The fraction of sp³-hybridized carbons (Fsp3) is 0.500. The zero-order valence-electron chi connectivity index (χ0n) is 12.4. The SMILES string of the molecule is O=C(O)CCN1CCCC(OCc2cccc(C(=O)O)c2)C1. The van der Waals surface area contributed by atoms with Gasteiger partial charge in [0.25, 0.3) is 0 Å². The van der Waals surface area contributed by atoms with Crippen molar-refractivity contribution in [3.63, 3.8) is 0 Å². The topological polar surface area (TPSA) is 87.1 Å². The van der Waals surface area contributed by atoms with Gasteiger partial charge >= 0.3 is 11.9 Å². The van der Waals surface area contributed by atoms with Gasteiger partial charge in [0.2, 0.25) is 0 Å². The van der Waals surface area contributed by atoms with E-state index in [1.54, 1.807) is 18.2 Å². The third-order valence-corrected chi connectivity index (χ3v) is 3.76. The van der Waals surface area contributed by atoms with Gasteiger partial charge < -0.3 is 19.8 Å². The fourth-order valence-corrected chi connectivity index (χ4v) is 2.61. The Labute approximate surface area is 129 Å². The molecule has 0 saturated carbocycles. The summed E-state index contributed by atoms with van der Waals surface area (Å²) in [7, 11) is 0. The van der Waals surface area contributed by atoms with Gasteiger partial charge in [0, 0.05) is 13.1 Å². The van der Waals surface area contributed by atoms with Crippen LogP contribution in [0.2, 0.25) is 0 Å². The Hall–Kier alpha value is -1.92. The second kappa shape index (κ2) is 7.91. The molecule has 120 valence electrons. The van der Waals surface area contributed by atoms with Crippen LogP contribution in [-0.4, -0.2) is 52.8 Å². The van der Waals surface area contributed by atoms with Gasteiger partial charge in [0.1, 0.15) is 0 Å². The van der Waals surface area contributed by atoms with E-state index in [1.807, 2.05) is 6.07 Å². The normalized spacial score (nSPS) is 19.0. The van der Waals surface area contributed by atoms with Crippen LogP contribution in [0.3, 0.4) is 0 Å². The molecule has 0 aromatic heterocycles. The molecule has 0 radical (unpaired) electrons. The highest BCUT2D eigenvalue weighted by molar-refractivity contribution is 5.87. The smallest absolute Gasteiger partial charge is 0.335 e. The Morgan fingerprint density at radius 2 is 2.14 bits per heavy atom. The average molecular weight is 307 g/mol. The van der Waals surface area contributed by atoms with Crippen molar-refractivity contribution in [1.82, 2.24) is 4.90 Å². The molecule has 1 heterocycles. The van der Waals surface area contributed by atoms with Crippen molar-refractivity contribution in [1.29, 1.82) is 0 Å². The molecule has 1 atom stereocenters. The second-order valence-corrected chi connectivity index (χ2v) is 5.53. The van der Waals surface area contributed by atoms with Crippen molar-refractivity contribution in [3.05, 3.63) is 35.4 Å². The van der Waals surface area contributed by atoms with Gasteiger partial charge in [-0.25, -0.2) is 4.79 Å². The van der Waals surface area contributed by atoms with Gasteiger partial charge in [-0.3, -0.25) is 4.79 Å². The summed E-state index contributed by atoms with van der Waals surface area (Å²) in [6.07, 6.45) is 2.14. The molecule has 1 aromatic rings. The molecule has 6 heteroatoms. The van der Waals surface area contributed by atoms with Crippen LogP contribution in [0.1, 0.15) is 35.2 Å². The van der Waals surface area contributed by atoms with Crippen LogP contribution in [-0.2, 0) is 16.1 Å². The maximum atomic E-state index is 10.9. The molecule has 1 fully saturated rings. The van der Waals surface area contributed by atoms with E-state index >= 15 is 0 Å². The molecule has 0 aliphatic carbocycles. The zero-order valence-corrected chi connectivity index (χ0v) is 12.4. The number of benzene rings is 1. The summed E-state index contributed by atoms with van der Waals surface area (Å²) in [4.78, 5) is 23.7. The first kappa shape index (κ1) is 16.5. The van der Waals surface area contributed by atoms with E-state index in [4.69, 9.17) is 14.9 Å².